The molecule has 2 heterocycles. The fraction of sp³-hybridized carbons (Fsp3) is 0.417. The molecule has 0 unspecified atom stereocenters. The van der Waals surface area contributed by atoms with Crippen molar-refractivity contribution in [2.45, 2.75) is 20.4 Å². The van der Waals surface area contributed by atoms with Gasteiger partial charge in [-0.3, -0.25) is 4.68 Å². The first kappa shape index (κ1) is 14.1. The van der Waals surface area contributed by atoms with Crippen LogP contribution in [0.4, 0.5) is 5.69 Å². The molecule has 0 atom stereocenters. The third-order valence-electron chi connectivity index (χ3n) is 2.83. The Kier molecular flexibility index (Phi) is 3.96. The molecule has 104 valence electrons. The van der Waals surface area contributed by atoms with Crippen LogP contribution in [0.25, 0.3) is 10.6 Å². The van der Waals surface area contributed by atoms with Crippen LogP contribution in [0.2, 0.25) is 0 Å². The number of nitrogens with zero attached hydrogens (tertiary/aromatic N) is 2. The maximum absolute atomic E-state index is 11.5. The Hall–Kier alpha value is -1.34. The minimum Gasteiger partial charge on any atom is -0.396 e. The summed E-state index contributed by atoms with van der Waals surface area (Å²) in [6.45, 7) is 4.01. The minimum absolute atomic E-state index is 0.0908. The van der Waals surface area contributed by atoms with E-state index in [2.05, 4.69) is 5.10 Å². The Bertz CT molecular complexity index is 671. The van der Waals surface area contributed by atoms with Crippen LogP contribution in [0, 0.1) is 6.92 Å². The molecule has 5 nitrogen and oxygen atoms in total. The van der Waals surface area contributed by atoms with Crippen molar-refractivity contribution in [2.75, 3.05) is 17.2 Å². The number of nitrogens with two attached hydrogens (primary N) is 1. The number of rotatable bonds is 5. The number of sulfone groups is 1. The zero-order valence-corrected chi connectivity index (χ0v) is 12.6. The lowest BCUT2D eigenvalue weighted by molar-refractivity contribution is 0.582. The molecule has 2 N–H and O–H groups in total. The highest BCUT2D eigenvalue weighted by atomic mass is 32.2. The summed E-state index contributed by atoms with van der Waals surface area (Å²) in [5, 5.41) is 4.37. The zero-order chi connectivity index (χ0) is 14.0. The maximum Gasteiger partial charge on any atom is 0.151 e. The Morgan fingerprint density at radius 2 is 2.16 bits per heavy atom. The summed E-state index contributed by atoms with van der Waals surface area (Å²) in [5.41, 5.74) is 7.24. The summed E-state index contributed by atoms with van der Waals surface area (Å²) in [6.07, 6.45) is 1.69. The van der Waals surface area contributed by atoms with Crippen LogP contribution in [0.1, 0.15) is 11.8 Å². The topological polar surface area (TPSA) is 78.0 Å². The van der Waals surface area contributed by atoms with Crippen LogP contribution in [0.3, 0.4) is 0 Å². The van der Waals surface area contributed by atoms with E-state index in [0.717, 1.165) is 10.6 Å². The van der Waals surface area contributed by atoms with Crippen LogP contribution < -0.4 is 5.73 Å². The minimum atomic E-state index is -2.98. The first-order valence-corrected chi connectivity index (χ1v) is 8.65. The number of anilines is 1. The molecule has 0 bridgehead atoms. The van der Waals surface area contributed by atoms with Gasteiger partial charge in [0.15, 0.2) is 9.84 Å². The predicted molar refractivity (Wildman–Crippen MR) is 79.0 cm³/mol. The molecule has 0 spiro atoms. The van der Waals surface area contributed by atoms with Gasteiger partial charge in [-0.15, -0.1) is 11.3 Å². The highest BCUT2D eigenvalue weighted by Crippen LogP contribution is 2.30. The lowest BCUT2D eigenvalue weighted by Crippen LogP contribution is -2.14. The molecule has 0 fully saturated rings. The van der Waals surface area contributed by atoms with E-state index in [1.165, 1.54) is 4.88 Å². The predicted octanol–water partition coefficient (Wildman–Crippen LogP) is 1.94. The quantitative estimate of drug-likeness (QED) is 0.915. The van der Waals surface area contributed by atoms with Crippen LogP contribution in [0.5, 0.6) is 0 Å². The van der Waals surface area contributed by atoms with Crippen molar-refractivity contribution >= 4 is 26.9 Å². The fourth-order valence-corrected chi connectivity index (χ4v) is 3.31. The third kappa shape index (κ3) is 3.36. The van der Waals surface area contributed by atoms with Crippen LogP contribution in [-0.4, -0.2) is 29.7 Å². The van der Waals surface area contributed by atoms with E-state index in [0.29, 0.717) is 12.2 Å². The number of hydrogen-bond donors (Lipinski definition) is 1. The molecule has 7 heteroatoms. The van der Waals surface area contributed by atoms with E-state index in [4.69, 9.17) is 5.73 Å². The standard InChI is InChI=1S/C12H17N3O2S2/c1-3-19(16,17)7-6-15-8-10(13)12(14-15)11-5-4-9(2)18-11/h4-5,8H,3,6-7,13H2,1-2H3. The highest BCUT2D eigenvalue weighted by Gasteiger charge is 2.12. The van der Waals surface area contributed by atoms with E-state index >= 15 is 0 Å². The highest BCUT2D eigenvalue weighted by molar-refractivity contribution is 7.91. The van der Waals surface area contributed by atoms with Gasteiger partial charge >= 0.3 is 0 Å². The van der Waals surface area contributed by atoms with Gasteiger partial charge in [-0.25, -0.2) is 8.42 Å². The van der Waals surface area contributed by atoms with E-state index in [1.54, 1.807) is 29.1 Å². The Morgan fingerprint density at radius 1 is 1.42 bits per heavy atom. The maximum atomic E-state index is 11.5. The molecular weight excluding hydrogens is 282 g/mol. The number of aromatic nitrogens is 2. The van der Waals surface area contributed by atoms with Gasteiger partial charge in [0.2, 0.25) is 0 Å². The summed E-state index contributed by atoms with van der Waals surface area (Å²) in [7, 11) is -2.98. The van der Waals surface area contributed by atoms with Gasteiger partial charge in [0.1, 0.15) is 5.69 Å². The number of aryl methyl sites for hydroxylation is 2. The van der Waals surface area contributed by atoms with Gasteiger partial charge in [0.25, 0.3) is 0 Å². The Labute approximate surface area is 117 Å². The van der Waals surface area contributed by atoms with Crippen molar-refractivity contribution in [3.8, 4) is 10.6 Å². The van der Waals surface area contributed by atoms with Gasteiger partial charge in [0, 0.05) is 16.8 Å². The first-order valence-electron chi connectivity index (χ1n) is 6.01. The van der Waals surface area contributed by atoms with Gasteiger partial charge in [-0.2, -0.15) is 5.10 Å². The summed E-state index contributed by atoms with van der Waals surface area (Å²) >= 11 is 1.62. The van der Waals surface area contributed by atoms with Gasteiger partial charge in [-0.05, 0) is 19.1 Å². The molecule has 0 radical (unpaired) electrons. The monoisotopic (exact) mass is 299 g/mol. The van der Waals surface area contributed by atoms with Crippen LogP contribution in [0.15, 0.2) is 18.3 Å². The number of nitrogen functional groups attached to an aromatic ring is 1. The second kappa shape index (κ2) is 5.34. The van der Waals surface area contributed by atoms with Crippen molar-refractivity contribution in [3.63, 3.8) is 0 Å². The van der Waals surface area contributed by atoms with E-state index in [9.17, 15) is 8.42 Å². The Morgan fingerprint density at radius 3 is 2.74 bits per heavy atom. The SMILES string of the molecule is CCS(=O)(=O)CCn1cc(N)c(-c2ccc(C)s2)n1. The summed E-state index contributed by atoms with van der Waals surface area (Å²) in [4.78, 5) is 2.20. The third-order valence-corrected chi connectivity index (χ3v) is 5.53. The number of thiophene rings is 1. The summed E-state index contributed by atoms with van der Waals surface area (Å²) in [5.74, 6) is 0.244. The molecule has 0 saturated heterocycles. The molecule has 0 amide bonds. The molecule has 0 aliphatic heterocycles. The van der Waals surface area contributed by atoms with Gasteiger partial charge in [-0.1, -0.05) is 6.92 Å². The van der Waals surface area contributed by atoms with Crippen molar-refractivity contribution in [1.82, 2.24) is 9.78 Å². The summed E-state index contributed by atoms with van der Waals surface area (Å²) < 4.78 is 24.5. The molecular formula is C12H17N3O2S2. The molecule has 2 aromatic rings. The largest absolute Gasteiger partial charge is 0.396 e. The van der Waals surface area contributed by atoms with Gasteiger partial charge < -0.3 is 5.73 Å². The van der Waals surface area contributed by atoms with Crippen molar-refractivity contribution in [2.24, 2.45) is 0 Å². The molecule has 19 heavy (non-hydrogen) atoms. The average molecular weight is 299 g/mol. The van der Waals surface area contributed by atoms with Crippen LogP contribution >= 0.6 is 11.3 Å². The average Bonchev–Trinajstić information content (AvgIpc) is 2.93. The van der Waals surface area contributed by atoms with E-state index in [-0.39, 0.29) is 11.5 Å². The second-order valence-corrected chi connectivity index (χ2v) is 8.10. The fourth-order valence-electron chi connectivity index (χ4n) is 1.68. The molecule has 0 aliphatic carbocycles. The number of hydrogen-bond acceptors (Lipinski definition) is 5. The zero-order valence-electron chi connectivity index (χ0n) is 11.0. The first-order chi connectivity index (χ1) is 8.91. The molecule has 0 aromatic carbocycles. The van der Waals surface area contributed by atoms with Crippen LogP contribution in [-0.2, 0) is 16.4 Å². The van der Waals surface area contributed by atoms with Gasteiger partial charge in [0.05, 0.1) is 22.9 Å². The normalized spacial score (nSPS) is 11.9. The van der Waals surface area contributed by atoms with Crippen molar-refractivity contribution in [1.29, 1.82) is 0 Å². The van der Waals surface area contributed by atoms with E-state index in [1.807, 2.05) is 19.1 Å². The van der Waals surface area contributed by atoms with Crippen molar-refractivity contribution in [3.05, 3.63) is 23.2 Å². The molecule has 2 rings (SSSR count). The second-order valence-electron chi connectivity index (χ2n) is 4.34. The lowest BCUT2D eigenvalue weighted by atomic mass is 10.3. The molecule has 0 aliphatic rings. The summed E-state index contributed by atoms with van der Waals surface area (Å²) in [6, 6.07) is 3.99. The molecule has 0 saturated carbocycles. The Balaban J connectivity index is 2.18. The van der Waals surface area contributed by atoms with Crippen molar-refractivity contribution < 1.29 is 8.42 Å². The smallest absolute Gasteiger partial charge is 0.151 e. The van der Waals surface area contributed by atoms with E-state index < -0.39 is 9.84 Å². The lowest BCUT2D eigenvalue weighted by Gasteiger charge is -2.01. The molecule has 2 aromatic heterocycles.